The number of aryl methyl sites for hydroxylation is 1. The standard InChI is InChI=1S/C15H17Cl2NO/c1-3-18-15(12-6-7-19-10(12)2)9-11-4-5-13(16)14(17)8-11/h4-8,15,18H,3,9H2,1-2H3. The molecule has 0 aliphatic carbocycles. The first-order valence-corrected chi connectivity index (χ1v) is 7.08. The van der Waals surface area contributed by atoms with Crippen LogP contribution < -0.4 is 5.32 Å². The highest BCUT2D eigenvalue weighted by atomic mass is 35.5. The molecule has 2 rings (SSSR count). The van der Waals surface area contributed by atoms with Crippen LogP contribution in [0.15, 0.2) is 34.9 Å². The summed E-state index contributed by atoms with van der Waals surface area (Å²) >= 11 is 12.0. The van der Waals surface area contributed by atoms with Gasteiger partial charge in [0.25, 0.3) is 0 Å². The fourth-order valence-corrected chi connectivity index (χ4v) is 2.52. The van der Waals surface area contributed by atoms with Gasteiger partial charge in [-0.1, -0.05) is 36.2 Å². The molecule has 19 heavy (non-hydrogen) atoms. The van der Waals surface area contributed by atoms with Crippen molar-refractivity contribution < 1.29 is 4.42 Å². The van der Waals surface area contributed by atoms with Gasteiger partial charge in [0.1, 0.15) is 5.76 Å². The number of benzene rings is 1. The summed E-state index contributed by atoms with van der Waals surface area (Å²) in [5, 5.41) is 4.66. The number of furan rings is 1. The Morgan fingerprint density at radius 2 is 2.00 bits per heavy atom. The first kappa shape index (κ1) is 14.4. The van der Waals surface area contributed by atoms with E-state index in [4.69, 9.17) is 27.6 Å². The highest BCUT2D eigenvalue weighted by molar-refractivity contribution is 6.42. The molecule has 0 saturated heterocycles. The smallest absolute Gasteiger partial charge is 0.105 e. The van der Waals surface area contributed by atoms with Crippen LogP contribution in [0.1, 0.15) is 29.9 Å². The molecule has 4 heteroatoms. The van der Waals surface area contributed by atoms with Gasteiger partial charge >= 0.3 is 0 Å². The van der Waals surface area contributed by atoms with Gasteiger partial charge < -0.3 is 9.73 Å². The zero-order valence-corrected chi connectivity index (χ0v) is 12.6. The summed E-state index contributed by atoms with van der Waals surface area (Å²) in [5.74, 6) is 0.950. The Kier molecular flexibility index (Phi) is 4.92. The fourth-order valence-electron chi connectivity index (χ4n) is 2.20. The molecule has 0 saturated carbocycles. The van der Waals surface area contributed by atoms with Crippen molar-refractivity contribution in [3.63, 3.8) is 0 Å². The number of rotatable bonds is 5. The first-order chi connectivity index (χ1) is 9.11. The van der Waals surface area contributed by atoms with Gasteiger partial charge in [-0.3, -0.25) is 0 Å². The molecule has 1 N–H and O–H groups in total. The molecule has 0 bridgehead atoms. The van der Waals surface area contributed by atoms with Crippen LogP contribution in [0.3, 0.4) is 0 Å². The summed E-state index contributed by atoms with van der Waals surface area (Å²) in [6, 6.07) is 8.00. The Morgan fingerprint density at radius 3 is 2.58 bits per heavy atom. The van der Waals surface area contributed by atoms with Crippen molar-refractivity contribution in [2.24, 2.45) is 0 Å². The van der Waals surface area contributed by atoms with Gasteiger partial charge in [-0.05, 0) is 43.7 Å². The predicted octanol–water partition coefficient (Wildman–Crippen LogP) is 4.79. The van der Waals surface area contributed by atoms with Gasteiger partial charge in [-0.25, -0.2) is 0 Å². The minimum atomic E-state index is 0.223. The van der Waals surface area contributed by atoms with E-state index >= 15 is 0 Å². The third-order valence-corrected chi connectivity index (χ3v) is 3.89. The Hall–Kier alpha value is -0.960. The SMILES string of the molecule is CCNC(Cc1ccc(Cl)c(Cl)c1)c1ccoc1C. The number of halogens is 2. The van der Waals surface area contributed by atoms with Gasteiger partial charge in [0.15, 0.2) is 0 Å². The summed E-state index contributed by atoms with van der Waals surface area (Å²) < 4.78 is 5.39. The van der Waals surface area contributed by atoms with Crippen LogP contribution in [0, 0.1) is 6.92 Å². The van der Waals surface area contributed by atoms with Gasteiger partial charge in [-0.15, -0.1) is 0 Å². The van der Waals surface area contributed by atoms with E-state index in [1.165, 1.54) is 5.56 Å². The van der Waals surface area contributed by atoms with E-state index in [-0.39, 0.29) is 6.04 Å². The van der Waals surface area contributed by atoms with Crippen molar-refractivity contribution in [2.75, 3.05) is 6.54 Å². The van der Waals surface area contributed by atoms with Crippen LogP contribution in [0.4, 0.5) is 0 Å². The Labute approximate surface area is 123 Å². The second-order valence-corrected chi connectivity index (χ2v) is 5.31. The molecule has 1 aromatic carbocycles. The molecule has 0 fully saturated rings. The summed E-state index contributed by atoms with van der Waals surface area (Å²) in [6.07, 6.45) is 2.58. The van der Waals surface area contributed by atoms with Gasteiger partial charge in [-0.2, -0.15) is 0 Å². The van der Waals surface area contributed by atoms with Crippen molar-refractivity contribution in [1.29, 1.82) is 0 Å². The summed E-state index contributed by atoms with van der Waals surface area (Å²) in [6.45, 7) is 4.97. The molecule has 0 spiro atoms. The lowest BCUT2D eigenvalue weighted by atomic mass is 9.99. The molecule has 0 amide bonds. The average Bonchev–Trinajstić information content (AvgIpc) is 2.79. The summed E-state index contributed by atoms with van der Waals surface area (Å²) in [4.78, 5) is 0. The second-order valence-electron chi connectivity index (χ2n) is 4.49. The maximum absolute atomic E-state index is 6.06. The third-order valence-electron chi connectivity index (χ3n) is 3.15. The van der Waals surface area contributed by atoms with Gasteiger partial charge in [0.05, 0.1) is 16.3 Å². The molecule has 0 aliphatic heterocycles. The van der Waals surface area contributed by atoms with Crippen molar-refractivity contribution in [1.82, 2.24) is 5.32 Å². The third kappa shape index (κ3) is 3.53. The average molecular weight is 298 g/mol. The second kappa shape index (κ2) is 6.47. The fraction of sp³-hybridized carbons (Fsp3) is 0.333. The topological polar surface area (TPSA) is 25.2 Å². The number of hydrogen-bond donors (Lipinski definition) is 1. The van der Waals surface area contributed by atoms with Gasteiger partial charge in [0, 0.05) is 11.6 Å². The van der Waals surface area contributed by atoms with E-state index in [9.17, 15) is 0 Å². The van der Waals surface area contributed by atoms with Crippen LogP contribution >= 0.6 is 23.2 Å². The first-order valence-electron chi connectivity index (χ1n) is 6.33. The molecule has 2 nitrogen and oxygen atoms in total. The molecule has 1 aromatic heterocycles. The number of nitrogens with one attached hydrogen (secondary N) is 1. The summed E-state index contributed by atoms with van der Waals surface area (Å²) in [5.41, 5.74) is 2.34. The van der Waals surface area contributed by atoms with E-state index in [2.05, 4.69) is 12.2 Å². The molecule has 1 unspecified atom stereocenters. The van der Waals surface area contributed by atoms with Crippen molar-refractivity contribution >= 4 is 23.2 Å². The van der Waals surface area contributed by atoms with E-state index in [1.54, 1.807) is 6.26 Å². The molecule has 2 aromatic rings. The zero-order chi connectivity index (χ0) is 13.8. The molecule has 1 heterocycles. The lowest BCUT2D eigenvalue weighted by Crippen LogP contribution is -2.23. The molecular weight excluding hydrogens is 281 g/mol. The molecule has 102 valence electrons. The molecule has 1 atom stereocenters. The van der Waals surface area contributed by atoms with Crippen LogP contribution in [0.5, 0.6) is 0 Å². The molecular formula is C15H17Cl2NO. The van der Waals surface area contributed by atoms with Crippen molar-refractivity contribution in [3.05, 3.63) is 57.5 Å². The van der Waals surface area contributed by atoms with Crippen LogP contribution in [0.2, 0.25) is 10.0 Å². The minimum Gasteiger partial charge on any atom is -0.469 e. The number of likely N-dealkylation sites (N-methyl/N-ethyl adjacent to an activating group) is 1. The molecule has 0 radical (unpaired) electrons. The zero-order valence-electron chi connectivity index (χ0n) is 11.0. The quantitative estimate of drug-likeness (QED) is 0.858. The van der Waals surface area contributed by atoms with Gasteiger partial charge in [0.2, 0.25) is 0 Å². The van der Waals surface area contributed by atoms with E-state index in [1.807, 2.05) is 31.2 Å². The predicted molar refractivity (Wildman–Crippen MR) is 80.0 cm³/mol. The highest BCUT2D eigenvalue weighted by Gasteiger charge is 2.15. The lowest BCUT2D eigenvalue weighted by molar-refractivity contribution is 0.501. The van der Waals surface area contributed by atoms with E-state index in [0.717, 1.165) is 24.3 Å². The highest BCUT2D eigenvalue weighted by Crippen LogP contribution is 2.27. The minimum absolute atomic E-state index is 0.223. The number of hydrogen-bond acceptors (Lipinski definition) is 2. The maximum Gasteiger partial charge on any atom is 0.105 e. The normalized spacial score (nSPS) is 12.6. The lowest BCUT2D eigenvalue weighted by Gasteiger charge is -2.18. The Morgan fingerprint density at radius 1 is 1.21 bits per heavy atom. The van der Waals surface area contributed by atoms with Crippen LogP contribution in [0.25, 0.3) is 0 Å². The van der Waals surface area contributed by atoms with Crippen LogP contribution in [-0.2, 0) is 6.42 Å². The maximum atomic E-state index is 6.06. The Balaban J connectivity index is 2.21. The van der Waals surface area contributed by atoms with Crippen molar-refractivity contribution in [3.8, 4) is 0 Å². The molecule has 0 aliphatic rings. The van der Waals surface area contributed by atoms with E-state index in [0.29, 0.717) is 10.0 Å². The van der Waals surface area contributed by atoms with Crippen LogP contribution in [-0.4, -0.2) is 6.54 Å². The van der Waals surface area contributed by atoms with E-state index < -0.39 is 0 Å². The van der Waals surface area contributed by atoms with Crippen molar-refractivity contribution in [2.45, 2.75) is 26.3 Å². The largest absolute Gasteiger partial charge is 0.469 e. The summed E-state index contributed by atoms with van der Waals surface area (Å²) in [7, 11) is 0. The monoisotopic (exact) mass is 297 g/mol. The Bertz CT molecular complexity index is 551.